The second-order valence-corrected chi connectivity index (χ2v) is 9.46. The van der Waals surface area contributed by atoms with E-state index in [1.165, 1.54) is 23.9 Å². The Morgan fingerprint density at radius 1 is 0.857 bits per heavy atom. The molecule has 4 aromatic carbocycles. The first-order valence-electron chi connectivity index (χ1n) is 11.4. The number of nitrogens with one attached hydrogen (secondary N) is 1. The molecule has 5 aromatic rings. The predicted molar refractivity (Wildman–Crippen MR) is 141 cm³/mol. The van der Waals surface area contributed by atoms with Crippen molar-refractivity contribution in [3.63, 3.8) is 0 Å². The van der Waals surface area contributed by atoms with Crippen molar-refractivity contribution in [3.8, 4) is 0 Å². The monoisotopic (exact) mass is 482 g/mol. The van der Waals surface area contributed by atoms with Crippen LogP contribution in [0.1, 0.15) is 28.5 Å². The lowest BCUT2D eigenvalue weighted by Gasteiger charge is -2.16. The molecule has 174 valence electrons. The lowest BCUT2D eigenvalue weighted by atomic mass is 10.2. The molecule has 0 saturated heterocycles. The van der Waals surface area contributed by atoms with Gasteiger partial charge in [0.15, 0.2) is 0 Å². The highest BCUT2D eigenvalue weighted by Crippen LogP contribution is 2.33. The standard InChI is InChI=1S/C29H23FN2O2S/c1-2-27(29(34)32-25-16-7-4-12-21(25)22-13-5-8-17-26(22)32)35-20-11-9-10-19(18-20)31-28(33)23-14-3-6-15-24(23)30/h3-18,27H,2H2,1H3,(H,31,33). The van der Waals surface area contributed by atoms with Gasteiger partial charge in [0, 0.05) is 21.4 Å². The molecule has 1 N–H and O–H groups in total. The number of fused-ring (bicyclic) bond motifs is 3. The number of para-hydroxylation sites is 2. The molecule has 0 fully saturated rings. The Bertz CT molecular complexity index is 1510. The van der Waals surface area contributed by atoms with Gasteiger partial charge in [0.25, 0.3) is 5.91 Å². The van der Waals surface area contributed by atoms with Gasteiger partial charge in [0.2, 0.25) is 5.91 Å². The maximum absolute atomic E-state index is 14.0. The second-order valence-electron chi connectivity index (χ2n) is 8.18. The number of thioether (sulfide) groups is 1. The Hall–Kier alpha value is -3.90. The van der Waals surface area contributed by atoms with E-state index in [9.17, 15) is 14.0 Å². The minimum Gasteiger partial charge on any atom is -0.322 e. The number of nitrogens with zero attached hydrogens (tertiary/aromatic N) is 1. The maximum atomic E-state index is 14.0. The van der Waals surface area contributed by atoms with E-state index in [1.54, 1.807) is 18.2 Å². The van der Waals surface area contributed by atoms with Gasteiger partial charge < -0.3 is 5.32 Å². The molecule has 1 unspecified atom stereocenters. The molecule has 5 rings (SSSR count). The Balaban J connectivity index is 1.42. The summed E-state index contributed by atoms with van der Waals surface area (Å²) < 4.78 is 15.8. The number of carbonyl (C=O) groups excluding carboxylic acids is 2. The number of rotatable bonds is 6. The van der Waals surface area contributed by atoms with Crippen LogP contribution in [0.3, 0.4) is 0 Å². The molecule has 1 aromatic heterocycles. The molecule has 4 nitrogen and oxygen atoms in total. The van der Waals surface area contributed by atoms with Crippen LogP contribution in [0.2, 0.25) is 0 Å². The molecule has 0 bridgehead atoms. The third kappa shape index (κ3) is 4.45. The van der Waals surface area contributed by atoms with Gasteiger partial charge >= 0.3 is 0 Å². The summed E-state index contributed by atoms with van der Waals surface area (Å²) >= 11 is 1.46. The number of hydrogen-bond donors (Lipinski definition) is 1. The van der Waals surface area contributed by atoms with Crippen molar-refractivity contribution < 1.29 is 14.0 Å². The fourth-order valence-electron chi connectivity index (χ4n) is 4.27. The number of halogens is 1. The first-order valence-corrected chi connectivity index (χ1v) is 12.3. The molecular formula is C29H23FN2O2S. The Morgan fingerprint density at radius 3 is 2.14 bits per heavy atom. The van der Waals surface area contributed by atoms with Gasteiger partial charge in [0.1, 0.15) is 5.82 Å². The highest BCUT2D eigenvalue weighted by Gasteiger charge is 2.24. The molecule has 0 aliphatic heterocycles. The Morgan fingerprint density at radius 2 is 1.49 bits per heavy atom. The summed E-state index contributed by atoms with van der Waals surface area (Å²) in [6, 6.07) is 29.0. The Kier molecular flexibility index (Phi) is 6.38. The number of anilines is 1. The van der Waals surface area contributed by atoms with Gasteiger partial charge in [-0.25, -0.2) is 4.39 Å². The van der Waals surface area contributed by atoms with Gasteiger partial charge in [-0.3, -0.25) is 14.2 Å². The number of carbonyl (C=O) groups is 2. The zero-order valence-corrected chi connectivity index (χ0v) is 19.9. The average Bonchev–Trinajstić information content (AvgIpc) is 3.22. The van der Waals surface area contributed by atoms with Gasteiger partial charge in [-0.05, 0) is 48.9 Å². The smallest absolute Gasteiger partial charge is 0.258 e. The maximum Gasteiger partial charge on any atom is 0.258 e. The topological polar surface area (TPSA) is 51.1 Å². The zero-order valence-electron chi connectivity index (χ0n) is 19.1. The molecule has 1 amide bonds. The number of aromatic nitrogens is 1. The minimum absolute atomic E-state index is 0.00990. The normalized spacial score (nSPS) is 12.1. The predicted octanol–water partition coefficient (Wildman–Crippen LogP) is 7.40. The molecule has 1 atom stereocenters. The summed E-state index contributed by atoms with van der Waals surface area (Å²) in [5.74, 6) is -1.08. The lowest BCUT2D eigenvalue weighted by molar-refractivity contribution is 0.0918. The van der Waals surface area contributed by atoms with E-state index in [0.717, 1.165) is 26.7 Å². The quantitative estimate of drug-likeness (QED) is 0.257. The van der Waals surface area contributed by atoms with Crippen LogP contribution in [0.25, 0.3) is 21.8 Å². The van der Waals surface area contributed by atoms with Crippen LogP contribution in [0.5, 0.6) is 0 Å². The van der Waals surface area contributed by atoms with E-state index < -0.39 is 11.7 Å². The van der Waals surface area contributed by atoms with Gasteiger partial charge in [0.05, 0.1) is 21.8 Å². The van der Waals surface area contributed by atoms with Crippen LogP contribution >= 0.6 is 11.8 Å². The van der Waals surface area contributed by atoms with Gasteiger partial charge in [-0.2, -0.15) is 0 Å². The number of benzene rings is 4. The molecule has 35 heavy (non-hydrogen) atoms. The summed E-state index contributed by atoms with van der Waals surface area (Å²) in [5, 5.41) is 4.53. The molecule has 0 aliphatic carbocycles. The molecule has 0 radical (unpaired) electrons. The first kappa shape index (κ1) is 22.9. The number of hydrogen-bond acceptors (Lipinski definition) is 3. The highest BCUT2D eigenvalue weighted by molar-refractivity contribution is 8.00. The first-order chi connectivity index (χ1) is 17.1. The van der Waals surface area contributed by atoms with E-state index in [0.29, 0.717) is 12.1 Å². The van der Waals surface area contributed by atoms with Crippen LogP contribution in [0.4, 0.5) is 10.1 Å². The van der Waals surface area contributed by atoms with E-state index in [1.807, 2.05) is 78.2 Å². The molecule has 1 heterocycles. The summed E-state index contributed by atoms with van der Waals surface area (Å²) in [6.07, 6.45) is 0.635. The third-order valence-electron chi connectivity index (χ3n) is 5.94. The minimum atomic E-state index is -0.571. The van der Waals surface area contributed by atoms with Crippen LogP contribution < -0.4 is 5.32 Å². The molecule has 0 spiro atoms. The average molecular weight is 483 g/mol. The summed E-state index contributed by atoms with van der Waals surface area (Å²) in [4.78, 5) is 27.2. The van der Waals surface area contributed by atoms with Crippen molar-refractivity contribution in [2.24, 2.45) is 0 Å². The van der Waals surface area contributed by atoms with E-state index in [-0.39, 0.29) is 16.7 Å². The number of amides is 1. The fraction of sp³-hybridized carbons (Fsp3) is 0.103. The van der Waals surface area contributed by atoms with Gasteiger partial charge in [-0.15, -0.1) is 11.8 Å². The van der Waals surface area contributed by atoms with Crippen molar-refractivity contribution in [1.82, 2.24) is 4.57 Å². The molecular weight excluding hydrogens is 459 g/mol. The zero-order chi connectivity index (χ0) is 24.4. The SMILES string of the molecule is CCC(Sc1cccc(NC(=O)c2ccccc2F)c1)C(=O)n1c2ccccc2c2ccccc21. The van der Waals surface area contributed by atoms with E-state index in [4.69, 9.17) is 0 Å². The second kappa shape index (κ2) is 9.76. The van der Waals surface area contributed by atoms with E-state index in [2.05, 4.69) is 5.32 Å². The van der Waals surface area contributed by atoms with Crippen LogP contribution in [0, 0.1) is 5.82 Å². The summed E-state index contributed by atoms with van der Waals surface area (Å²) in [7, 11) is 0. The van der Waals surface area contributed by atoms with Crippen LogP contribution in [0.15, 0.2) is 102 Å². The Labute approximate surface area is 206 Å². The van der Waals surface area contributed by atoms with E-state index >= 15 is 0 Å². The summed E-state index contributed by atoms with van der Waals surface area (Å²) in [5.41, 5.74) is 2.31. The highest BCUT2D eigenvalue weighted by atomic mass is 32.2. The lowest BCUT2D eigenvalue weighted by Crippen LogP contribution is -2.23. The van der Waals surface area contributed by atoms with Crippen molar-refractivity contribution in [3.05, 3.63) is 108 Å². The van der Waals surface area contributed by atoms with Crippen molar-refractivity contribution in [2.45, 2.75) is 23.5 Å². The van der Waals surface area contributed by atoms with Crippen molar-refractivity contribution >= 4 is 51.1 Å². The molecule has 0 saturated carbocycles. The molecule has 0 aliphatic rings. The van der Waals surface area contributed by atoms with Crippen molar-refractivity contribution in [1.29, 1.82) is 0 Å². The molecule has 6 heteroatoms. The fourth-order valence-corrected chi connectivity index (χ4v) is 5.32. The van der Waals surface area contributed by atoms with Crippen LogP contribution in [-0.4, -0.2) is 21.6 Å². The van der Waals surface area contributed by atoms with Crippen LogP contribution in [-0.2, 0) is 0 Å². The largest absolute Gasteiger partial charge is 0.322 e. The summed E-state index contributed by atoms with van der Waals surface area (Å²) in [6.45, 7) is 1.99. The van der Waals surface area contributed by atoms with Gasteiger partial charge in [-0.1, -0.05) is 61.5 Å². The van der Waals surface area contributed by atoms with Crippen molar-refractivity contribution in [2.75, 3.05) is 5.32 Å². The third-order valence-corrected chi connectivity index (χ3v) is 7.28.